The summed E-state index contributed by atoms with van der Waals surface area (Å²) in [6.07, 6.45) is -7.66. The van der Waals surface area contributed by atoms with Gasteiger partial charge in [-0.15, -0.1) is 0 Å². The van der Waals surface area contributed by atoms with Crippen LogP contribution in [0.25, 0.3) is 0 Å². The number of benzene rings is 1. The topological polar surface area (TPSA) is 83.1 Å². The van der Waals surface area contributed by atoms with Crippen LogP contribution in [0.5, 0.6) is 0 Å². The molecule has 0 atom stereocenters. The van der Waals surface area contributed by atoms with Gasteiger partial charge in [0.05, 0.1) is 29.2 Å². The zero-order valence-corrected chi connectivity index (χ0v) is 18.6. The highest BCUT2D eigenvalue weighted by Crippen LogP contribution is 2.41. The molecule has 1 aliphatic heterocycles. The quantitative estimate of drug-likeness (QED) is 0.545. The van der Waals surface area contributed by atoms with Crippen molar-refractivity contribution in [2.75, 3.05) is 0 Å². The van der Waals surface area contributed by atoms with E-state index in [1.54, 1.807) is 41.5 Å². The van der Waals surface area contributed by atoms with Gasteiger partial charge >= 0.3 is 18.5 Å². The Labute approximate surface area is 184 Å². The molecule has 1 aromatic rings. The minimum Gasteiger partial charge on any atom is -0.431 e. The van der Waals surface area contributed by atoms with Crippen LogP contribution in [0.2, 0.25) is 0 Å². The highest BCUT2D eigenvalue weighted by atomic mass is 19.4. The molecule has 1 aromatic carbocycles. The molecule has 0 spiro atoms. The SMILES string of the molecule is CC1=C(OC(=O)OC(C)C)C(c2cccc(C(F)(F)F)c2)C(OC(=O)OC(C)C)=C(C)N1. The first-order valence-electron chi connectivity index (χ1n) is 9.92. The first kappa shape index (κ1) is 25.1. The van der Waals surface area contributed by atoms with Gasteiger partial charge in [-0.05, 0) is 53.2 Å². The lowest BCUT2D eigenvalue weighted by atomic mass is 9.89. The molecule has 0 unspecified atom stereocenters. The summed E-state index contributed by atoms with van der Waals surface area (Å²) in [6.45, 7) is 9.62. The number of carbonyl (C=O) groups is 2. The van der Waals surface area contributed by atoms with Gasteiger partial charge in [0.15, 0.2) is 0 Å². The molecule has 0 amide bonds. The lowest BCUT2D eigenvalue weighted by Crippen LogP contribution is -2.30. The molecule has 176 valence electrons. The maximum absolute atomic E-state index is 13.3. The molecule has 7 nitrogen and oxygen atoms in total. The summed E-state index contributed by atoms with van der Waals surface area (Å²) in [4.78, 5) is 24.4. The molecule has 1 N–H and O–H groups in total. The summed E-state index contributed by atoms with van der Waals surface area (Å²) < 4.78 is 60.8. The first-order valence-corrected chi connectivity index (χ1v) is 9.92. The smallest absolute Gasteiger partial charge is 0.431 e. The van der Waals surface area contributed by atoms with Crippen LogP contribution in [0.15, 0.2) is 47.2 Å². The van der Waals surface area contributed by atoms with E-state index in [9.17, 15) is 22.8 Å². The van der Waals surface area contributed by atoms with Gasteiger partial charge in [0.25, 0.3) is 0 Å². The summed E-state index contributed by atoms with van der Waals surface area (Å²) in [5, 5.41) is 2.91. The van der Waals surface area contributed by atoms with E-state index in [2.05, 4.69) is 5.32 Å². The monoisotopic (exact) mass is 457 g/mol. The van der Waals surface area contributed by atoms with E-state index in [0.717, 1.165) is 12.1 Å². The van der Waals surface area contributed by atoms with Crippen LogP contribution in [-0.2, 0) is 25.1 Å². The van der Waals surface area contributed by atoms with Crippen molar-refractivity contribution in [2.45, 2.75) is 65.8 Å². The van der Waals surface area contributed by atoms with Gasteiger partial charge in [-0.3, -0.25) is 0 Å². The summed E-state index contributed by atoms with van der Waals surface area (Å²) in [6, 6.07) is 4.46. The molecule has 1 aliphatic rings. The number of dihydropyridines is 1. The normalized spacial score (nSPS) is 15.1. The third kappa shape index (κ3) is 6.41. The second-order valence-electron chi connectivity index (χ2n) is 7.70. The van der Waals surface area contributed by atoms with E-state index in [1.807, 2.05) is 0 Å². The van der Waals surface area contributed by atoms with Crippen LogP contribution in [-0.4, -0.2) is 24.5 Å². The van der Waals surface area contributed by atoms with Crippen LogP contribution in [0.1, 0.15) is 58.6 Å². The highest BCUT2D eigenvalue weighted by Gasteiger charge is 2.38. The van der Waals surface area contributed by atoms with Crippen LogP contribution >= 0.6 is 0 Å². The number of rotatable bonds is 5. The molecule has 0 bridgehead atoms. The summed E-state index contributed by atoms with van der Waals surface area (Å²) in [5.41, 5.74) is -0.123. The molecule has 0 saturated heterocycles. The Morgan fingerprint density at radius 1 is 0.906 bits per heavy atom. The molecule has 0 aliphatic carbocycles. The third-order valence-corrected chi connectivity index (χ3v) is 4.24. The molecule has 0 aromatic heterocycles. The maximum atomic E-state index is 13.3. The standard InChI is InChI=1S/C22H26F3NO6/c1-11(2)29-20(27)31-18-13(5)26-14(6)19(32-21(28)30-12(3)4)17(18)15-8-7-9-16(10-15)22(23,24)25/h7-12,17,26H,1-6H3. The van der Waals surface area contributed by atoms with Gasteiger partial charge in [0.1, 0.15) is 17.4 Å². The molecule has 0 radical (unpaired) electrons. The van der Waals surface area contributed by atoms with Crippen molar-refractivity contribution in [3.8, 4) is 0 Å². The van der Waals surface area contributed by atoms with Crippen molar-refractivity contribution in [1.29, 1.82) is 0 Å². The fraction of sp³-hybridized carbons (Fsp3) is 0.455. The molecule has 2 rings (SSSR count). The van der Waals surface area contributed by atoms with E-state index in [1.165, 1.54) is 12.1 Å². The Bertz CT molecular complexity index is 888. The Morgan fingerprint density at radius 2 is 1.38 bits per heavy atom. The van der Waals surface area contributed by atoms with Crippen LogP contribution < -0.4 is 5.32 Å². The number of alkyl halides is 3. The number of ether oxygens (including phenoxy) is 4. The van der Waals surface area contributed by atoms with E-state index >= 15 is 0 Å². The molecule has 32 heavy (non-hydrogen) atoms. The van der Waals surface area contributed by atoms with E-state index in [-0.39, 0.29) is 17.1 Å². The molecule has 0 saturated carbocycles. The molecule has 10 heteroatoms. The van der Waals surface area contributed by atoms with Crippen molar-refractivity contribution >= 4 is 12.3 Å². The maximum Gasteiger partial charge on any atom is 0.513 e. The summed E-state index contributed by atoms with van der Waals surface area (Å²) in [5.74, 6) is -1.26. The van der Waals surface area contributed by atoms with E-state index < -0.39 is 42.2 Å². The van der Waals surface area contributed by atoms with Gasteiger partial charge in [-0.2, -0.15) is 13.2 Å². The zero-order chi connectivity index (χ0) is 24.2. The number of nitrogens with one attached hydrogen (secondary N) is 1. The predicted octanol–water partition coefficient (Wildman–Crippen LogP) is 5.98. The van der Waals surface area contributed by atoms with Crippen LogP contribution in [0.3, 0.4) is 0 Å². The Balaban J connectivity index is 2.56. The highest BCUT2D eigenvalue weighted by molar-refractivity contribution is 5.65. The van der Waals surface area contributed by atoms with Gasteiger partial charge < -0.3 is 24.3 Å². The Morgan fingerprint density at radius 3 is 1.78 bits per heavy atom. The van der Waals surface area contributed by atoms with E-state index in [0.29, 0.717) is 11.4 Å². The lowest BCUT2D eigenvalue weighted by Gasteiger charge is -2.30. The molecule has 1 heterocycles. The van der Waals surface area contributed by atoms with Crippen molar-refractivity contribution in [3.05, 3.63) is 58.3 Å². The first-order chi connectivity index (χ1) is 14.8. The van der Waals surface area contributed by atoms with Crippen LogP contribution in [0, 0.1) is 0 Å². The molecular weight excluding hydrogens is 431 g/mol. The molecular formula is C22H26F3NO6. The van der Waals surface area contributed by atoms with Gasteiger partial charge in [0, 0.05) is 0 Å². The van der Waals surface area contributed by atoms with E-state index in [4.69, 9.17) is 18.9 Å². The third-order valence-electron chi connectivity index (χ3n) is 4.24. The number of hydrogen-bond acceptors (Lipinski definition) is 7. The van der Waals surface area contributed by atoms with Crippen LogP contribution in [0.4, 0.5) is 22.8 Å². The Kier molecular flexibility index (Phi) is 7.82. The second-order valence-corrected chi connectivity index (χ2v) is 7.70. The average Bonchev–Trinajstić information content (AvgIpc) is 2.63. The fourth-order valence-corrected chi connectivity index (χ4v) is 3.04. The van der Waals surface area contributed by atoms with Gasteiger partial charge in [0.2, 0.25) is 0 Å². The number of hydrogen-bond donors (Lipinski definition) is 1. The van der Waals surface area contributed by atoms with Gasteiger partial charge in [-0.1, -0.05) is 18.2 Å². The second kappa shape index (κ2) is 9.97. The largest absolute Gasteiger partial charge is 0.513 e. The Hall–Kier alpha value is -3.17. The average molecular weight is 457 g/mol. The van der Waals surface area contributed by atoms with Crippen molar-refractivity contribution < 1.29 is 41.7 Å². The minimum atomic E-state index is -4.60. The molecule has 0 fully saturated rings. The lowest BCUT2D eigenvalue weighted by molar-refractivity contribution is -0.137. The fourth-order valence-electron chi connectivity index (χ4n) is 3.04. The summed E-state index contributed by atoms with van der Waals surface area (Å²) in [7, 11) is 0. The van der Waals surface area contributed by atoms with Crippen molar-refractivity contribution in [3.63, 3.8) is 0 Å². The zero-order valence-electron chi connectivity index (χ0n) is 18.6. The summed E-state index contributed by atoms with van der Waals surface area (Å²) >= 11 is 0. The number of carbonyl (C=O) groups excluding carboxylic acids is 2. The van der Waals surface area contributed by atoms with Gasteiger partial charge in [-0.25, -0.2) is 9.59 Å². The van der Waals surface area contributed by atoms with Crippen molar-refractivity contribution in [2.24, 2.45) is 0 Å². The number of halogens is 3. The number of allylic oxidation sites excluding steroid dienone is 2. The minimum absolute atomic E-state index is 0.0621. The van der Waals surface area contributed by atoms with Crippen molar-refractivity contribution in [1.82, 2.24) is 5.32 Å². The predicted molar refractivity (Wildman–Crippen MR) is 108 cm³/mol.